The fourth-order valence-electron chi connectivity index (χ4n) is 3.37. The molecule has 0 unspecified atom stereocenters. The maximum atomic E-state index is 13.3. The van der Waals surface area contributed by atoms with E-state index in [4.69, 9.17) is 14.2 Å². The van der Waals surface area contributed by atoms with Crippen molar-refractivity contribution in [3.63, 3.8) is 0 Å². The minimum absolute atomic E-state index is 0.0416. The number of carbonyl (C=O) groups excluding carboxylic acids is 1. The molecule has 0 aromatic heterocycles. The third-order valence-corrected chi connectivity index (χ3v) is 5.21. The van der Waals surface area contributed by atoms with Crippen molar-refractivity contribution < 1.29 is 19.0 Å². The molecule has 0 saturated carbocycles. The van der Waals surface area contributed by atoms with Gasteiger partial charge < -0.3 is 19.1 Å². The number of hydrogen-bond donors (Lipinski definition) is 0. The molecule has 0 atom stereocenters. The van der Waals surface area contributed by atoms with E-state index in [1.54, 1.807) is 32.4 Å². The van der Waals surface area contributed by atoms with Gasteiger partial charge in [-0.2, -0.15) is 0 Å². The average Bonchev–Trinajstić information content (AvgIpc) is 2.85. The molecular weight excluding hydrogens is 402 g/mol. The Labute approximate surface area is 190 Å². The first-order valence-electron chi connectivity index (χ1n) is 10.9. The summed E-state index contributed by atoms with van der Waals surface area (Å²) >= 11 is 0. The molecule has 1 amide bonds. The number of amides is 1. The molecule has 0 N–H and O–H groups in total. The second-order valence-corrected chi connectivity index (χ2v) is 7.60. The minimum Gasteiger partial charge on any atom is -0.497 e. The molecule has 0 spiro atoms. The van der Waals surface area contributed by atoms with Gasteiger partial charge in [0.15, 0.2) is 0 Å². The molecule has 168 valence electrons. The van der Waals surface area contributed by atoms with Crippen LogP contribution in [-0.2, 0) is 13.2 Å². The van der Waals surface area contributed by atoms with Crippen molar-refractivity contribution in [3.8, 4) is 17.2 Å². The number of unbranched alkanes of at least 4 members (excludes halogenated alkanes) is 1. The van der Waals surface area contributed by atoms with Crippen LogP contribution in [0.2, 0.25) is 0 Å². The van der Waals surface area contributed by atoms with Crippen LogP contribution in [0.15, 0.2) is 72.8 Å². The predicted octanol–water partition coefficient (Wildman–Crippen LogP) is 5.73. The standard InChI is InChI=1S/C27H31NO4/c1-4-5-15-28(27(29)23-16-25(30-2)18-26(17-23)31-3)19-21-11-13-24(14-12-21)32-20-22-9-7-6-8-10-22/h6-14,16-18H,4-5,15,19-20H2,1-3H3. The molecule has 0 aliphatic carbocycles. The van der Waals surface area contributed by atoms with Gasteiger partial charge in [0.05, 0.1) is 14.2 Å². The van der Waals surface area contributed by atoms with E-state index in [0.717, 1.165) is 29.7 Å². The number of carbonyl (C=O) groups is 1. The Hall–Kier alpha value is -3.47. The number of methoxy groups -OCH3 is 2. The summed E-state index contributed by atoms with van der Waals surface area (Å²) in [6.45, 7) is 3.85. The van der Waals surface area contributed by atoms with E-state index in [9.17, 15) is 4.79 Å². The van der Waals surface area contributed by atoms with Gasteiger partial charge in [-0.25, -0.2) is 0 Å². The zero-order chi connectivity index (χ0) is 22.8. The Morgan fingerprint density at radius 1 is 0.812 bits per heavy atom. The van der Waals surface area contributed by atoms with Crippen LogP contribution in [0.1, 0.15) is 41.3 Å². The summed E-state index contributed by atoms with van der Waals surface area (Å²) in [6, 6.07) is 23.3. The molecule has 3 aromatic rings. The lowest BCUT2D eigenvalue weighted by molar-refractivity contribution is 0.0740. The summed E-state index contributed by atoms with van der Waals surface area (Å²) in [4.78, 5) is 15.2. The lowest BCUT2D eigenvalue weighted by Crippen LogP contribution is -2.31. The highest BCUT2D eigenvalue weighted by Crippen LogP contribution is 2.24. The van der Waals surface area contributed by atoms with Crippen LogP contribution in [-0.4, -0.2) is 31.6 Å². The predicted molar refractivity (Wildman–Crippen MR) is 126 cm³/mol. The zero-order valence-electron chi connectivity index (χ0n) is 19.0. The highest BCUT2D eigenvalue weighted by Gasteiger charge is 2.18. The van der Waals surface area contributed by atoms with Crippen molar-refractivity contribution in [2.45, 2.75) is 32.9 Å². The van der Waals surface area contributed by atoms with E-state index in [1.807, 2.05) is 59.5 Å². The minimum atomic E-state index is -0.0416. The normalized spacial score (nSPS) is 10.5. The van der Waals surface area contributed by atoms with E-state index >= 15 is 0 Å². The lowest BCUT2D eigenvalue weighted by atomic mass is 10.1. The lowest BCUT2D eigenvalue weighted by Gasteiger charge is -2.23. The van der Waals surface area contributed by atoms with Crippen molar-refractivity contribution in [3.05, 3.63) is 89.5 Å². The number of benzene rings is 3. The molecule has 5 heteroatoms. The number of hydrogen-bond acceptors (Lipinski definition) is 4. The number of rotatable bonds is 11. The smallest absolute Gasteiger partial charge is 0.254 e. The summed E-state index contributed by atoms with van der Waals surface area (Å²) in [7, 11) is 3.17. The third kappa shape index (κ3) is 6.51. The van der Waals surface area contributed by atoms with Gasteiger partial charge in [-0.3, -0.25) is 4.79 Å². The molecule has 0 saturated heterocycles. The third-order valence-electron chi connectivity index (χ3n) is 5.21. The quantitative estimate of drug-likeness (QED) is 0.388. The largest absolute Gasteiger partial charge is 0.497 e. The molecule has 0 radical (unpaired) electrons. The highest BCUT2D eigenvalue weighted by molar-refractivity contribution is 5.95. The van der Waals surface area contributed by atoms with Gasteiger partial charge in [-0.1, -0.05) is 55.8 Å². The first-order chi connectivity index (χ1) is 15.6. The number of ether oxygens (including phenoxy) is 3. The maximum Gasteiger partial charge on any atom is 0.254 e. The fraction of sp³-hybridized carbons (Fsp3) is 0.296. The molecule has 0 bridgehead atoms. The van der Waals surface area contributed by atoms with Crippen LogP contribution in [0.4, 0.5) is 0 Å². The van der Waals surface area contributed by atoms with Crippen molar-refractivity contribution in [2.75, 3.05) is 20.8 Å². The molecule has 0 fully saturated rings. The summed E-state index contributed by atoms with van der Waals surface area (Å²) in [6.07, 6.45) is 1.95. The second-order valence-electron chi connectivity index (χ2n) is 7.60. The van der Waals surface area contributed by atoms with Crippen molar-refractivity contribution in [1.29, 1.82) is 0 Å². The Morgan fingerprint density at radius 2 is 1.47 bits per heavy atom. The van der Waals surface area contributed by atoms with Gasteiger partial charge in [0.25, 0.3) is 5.91 Å². The molecule has 0 aliphatic heterocycles. The van der Waals surface area contributed by atoms with Crippen LogP contribution in [0.25, 0.3) is 0 Å². The summed E-state index contributed by atoms with van der Waals surface area (Å²) < 4.78 is 16.5. The molecular formula is C27H31NO4. The van der Waals surface area contributed by atoms with E-state index < -0.39 is 0 Å². The Kier molecular flexibility index (Phi) is 8.55. The Balaban J connectivity index is 1.70. The van der Waals surface area contributed by atoms with E-state index in [-0.39, 0.29) is 5.91 Å². The maximum absolute atomic E-state index is 13.3. The van der Waals surface area contributed by atoms with Crippen molar-refractivity contribution in [1.82, 2.24) is 4.90 Å². The van der Waals surface area contributed by atoms with Gasteiger partial charge in [-0.15, -0.1) is 0 Å². The van der Waals surface area contributed by atoms with E-state index in [0.29, 0.717) is 36.8 Å². The topological polar surface area (TPSA) is 48.0 Å². The van der Waals surface area contributed by atoms with Crippen LogP contribution in [0.3, 0.4) is 0 Å². The van der Waals surface area contributed by atoms with Crippen LogP contribution in [0.5, 0.6) is 17.2 Å². The Morgan fingerprint density at radius 3 is 2.06 bits per heavy atom. The average molecular weight is 434 g/mol. The van der Waals surface area contributed by atoms with E-state index in [2.05, 4.69) is 6.92 Å². The van der Waals surface area contributed by atoms with Gasteiger partial charge >= 0.3 is 0 Å². The second kappa shape index (κ2) is 11.8. The molecule has 0 aliphatic rings. The van der Waals surface area contributed by atoms with Gasteiger partial charge in [-0.05, 0) is 41.8 Å². The van der Waals surface area contributed by atoms with Gasteiger partial charge in [0.2, 0.25) is 0 Å². The van der Waals surface area contributed by atoms with Gasteiger partial charge in [0.1, 0.15) is 23.9 Å². The first kappa shape index (κ1) is 23.2. The molecule has 5 nitrogen and oxygen atoms in total. The van der Waals surface area contributed by atoms with Crippen LogP contribution >= 0.6 is 0 Å². The molecule has 3 rings (SSSR count). The molecule has 32 heavy (non-hydrogen) atoms. The SMILES string of the molecule is CCCCN(Cc1ccc(OCc2ccccc2)cc1)C(=O)c1cc(OC)cc(OC)c1. The van der Waals surface area contributed by atoms with Crippen LogP contribution in [0, 0.1) is 0 Å². The summed E-state index contributed by atoms with van der Waals surface area (Å²) in [5.74, 6) is 1.97. The monoisotopic (exact) mass is 433 g/mol. The number of nitrogens with zero attached hydrogens (tertiary/aromatic N) is 1. The van der Waals surface area contributed by atoms with Crippen molar-refractivity contribution in [2.24, 2.45) is 0 Å². The van der Waals surface area contributed by atoms with E-state index in [1.165, 1.54) is 0 Å². The summed E-state index contributed by atoms with van der Waals surface area (Å²) in [5.41, 5.74) is 2.73. The fourth-order valence-corrected chi connectivity index (χ4v) is 3.37. The molecule has 0 heterocycles. The van der Waals surface area contributed by atoms with Gasteiger partial charge in [0, 0.05) is 24.7 Å². The summed E-state index contributed by atoms with van der Waals surface area (Å²) in [5, 5.41) is 0. The Bertz CT molecular complexity index is 964. The van der Waals surface area contributed by atoms with Crippen molar-refractivity contribution >= 4 is 5.91 Å². The first-order valence-corrected chi connectivity index (χ1v) is 10.9. The van der Waals surface area contributed by atoms with Crippen LogP contribution < -0.4 is 14.2 Å². The zero-order valence-corrected chi connectivity index (χ0v) is 19.0. The molecule has 3 aromatic carbocycles. The highest BCUT2D eigenvalue weighted by atomic mass is 16.5.